The number of nitrogens with zero attached hydrogens (tertiary/aromatic N) is 1. The molecule has 164 valence electrons. The third-order valence-corrected chi connectivity index (χ3v) is 9.22. The van der Waals surface area contributed by atoms with Crippen molar-refractivity contribution >= 4 is 41.6 Å². The normalized spacial score (nSPS) is 23.1. The number of hydrogen-bond donors (Lipinski definition) is 1. The lowest BCUT2D eigenvalue weighted by molar-refractivity contribution is -0.141. The second-order valence-electron chi connectivity index (χ2n) is 9.27. The maximum atomic E-state index is 13.6. The van der Waals surface area contributed by atoms with E-state index in [4.69, 9.17) is 0 Å². The Kier molecular flexibility index (Phi) is 7.23. The van der Waals surface area contributed by atoms with Crippen LogP contribution >= 0.6 is 23.5 Å². The van der Waals surface area contributed by atoms with Crippen molar-refractivity contribution in [3.63, 3.8) is 0 Å². The Morgan fingerprint density at radius 2 is 1.83 bits per heavy atom. The highest BCUT2D eigenvalue weighted by Crippen LogP contribution is 2.50. The number of rotatable bonds is 5. The molecule has 2 amide bonds. The summed E-state index contributed by atoms with van der Waals surface area (Å²) >= 11 is 3.74. The van der Waals surface area contributed by atoms with Crippen LogP contribution in [0.1, 0.15) is 52.0 Å². The van der Waals surface area contributed by atoms with Crippen molar-refractivity contribution in [1.82, 2.24) is 10.2 Å². The van der Waals surface area contributed by atoms with Crippen molar-refractivity contribution in [2.45, 2.75) is 62.6 Å². The van der Waals surface area contributed by atoms with E-state index in [1.54, 1.807) is 4.90 Å². The maximum absolute atomic E-state index is 13.6. The predicted octanol–water partition coefficient (Wildman–Crippen LogP) is 3.69. The van der Waals surface area contributed by atoms with Gasteiger partial charge in [-0.2, -0.15) is 0 Å². The number of likely N-dealkylation sites (tertiary alicyclic amines) is 1. The Bertz CT molecular complexity index is 772. The van der Waals surface area contributed by atoms with Crippen LogP contribution in [0.25, 0.3) is 0 Å². The highest BCUT2D eigenvalue weighted by Gasteiger charge is 2.50. The smallest absolute Gasteiger partial charge is 0.246 e. The highest BCUT2D eigenvalue weighted by molar-refractivity contribution is 8.18. The number of carbonyl (C=O) groups is 3. The van der Waals surface area contributed by atoms with E-state index in [1.165, 1.54) is 0 Å². The first-order chi connectivity index (χ1) is 14.2. The van der Waals surface area contributed by atoms with E-state index < -0.39 is 17.5 Å². The number of nitrogens with one attached hydrogen (secondary N) is 1. The molecule has 2 unspecified atom stereocenters. The van der Waals surface area contributed by atoms with Crippen LogP contribution in [-0.4, -0.2) is 57.2 Å². The number of amides is 2. The highest BCUT2D eigenvalue weighted by atomic mass is 32.2. The molecule has 0 aromatic heterocycles. The number of carbonyl (C=O) groups excluding carboxylic acids is 3. The average molecular weight is 449 g/mol. The van der Waals surface area contributed by atoms with Crippen LogP contribution in [0.5, 0.6) is 0 Å². The van der Waals surface area contributed by atoms with Crippen molar-refractivity contribution in [1.29, 1.82) is 0 Å². The minimum Gasteiger partial charge on any atom is -0.343 e. The third kappa shape index (κ3) is 5.05. The van der Waals surface area contributed by atoms with E-state index in [2.05, 4.69) is 5.32 Å². The molecular formula is C23H32N2O3S2. The Morgan fingerprint density at radius 3 is 2.40 bits per heavy atom. The Hall–Kier alpha value is -1.47. The van der Waals surface area contributed by atoms with Gasteiger partial charge in [0.05, 0.1) is 16.0 Å². The zero-order valence-electron chi connectivity index (χ0n) is 18.2. The van der Waals surface area contributed by atoms with E-state index in [9.17, 15) is 14.4 Å². The minimum atomic E-state index is -0.688. The topological polar surface area (TPSA) is 66.5 Å². The molecule has 0 bridgehead atoms. The third-order valence-electron chi connectivity index (χ3n) is 5.88. The molecule has 1 aromatic rings. The van der Waals surface area contributed by atoms with Gasteiger partial charge < -0.3 is 15.0 Å². The number of hydrogen-bond acceptors (Lipinski definition) is 5. The van der Waals surface area contributed by atoms with Crippen LogP contribution in [0.2, 0.25) is 0 Å². The van der Waals surface area contributed by atoms with Gasteiger partial charge >= 0.3 is 0 Å². The van der Waals surface area contributed by atoms with E-state index in [1.807, 2.05) is 81.6 Å². The van der Waals surface area contributed by atoms with Crippen molar-refractivity contribution in [2.24, 2.45) is 5.41 Å². The van der Waals surface area contributed by atoms with Crippen LogP contribution in [0, 0.1) is 5.41 Å². The largest absolute Gasteiger partial charge is 0.343 e. The quantitative estimate of drug-likeness (QED) is 0.696. The lowest BCUT2D eigenvalue weighted by Gasteiger charge is -2.36. The summed E-state index contributed by atoms with van der Waals surface area (Å²) in [7, 11) is 0. The van der Waals surface area contributed by atoms with Gasteiger partial charge in [-0.25, -0.2) is 0 Å². The van der Waals surface area contributed by atoms with Crippen molar-refractivity contribution < 1.29 is 14.4 Å². The molecule has 5 nitrogen and oxygen atoms in total. The van der Waals surface area contributed by atoms with E-state index in [0.717, 1.165) is 29.8 Å². The van der Waals surface area contributed by atoms with Crippen LogP contribution in [-0.2, 0) is 14.4 Å². The molecule has 2 fully saturated rings. The summed E-state index contributed by atoms with van der Waals surface area (Å²) < 4.78 is -0.0940. The summed E-state index contributed by atoms with van der Waals surface area (Å²) in [6, 6.07) is 8.45. The van der Waals surface area contributed by atoms with Gasteiger partial charge in [-0.05, 0) is 35.8 Å². The van der Waals surface area contributed by atoms with Gasteiger partial charge in [0.25, 0.3) is 0 Å². The van der Waals surface area contributed by atoms with Gasteiger partial charge in [-0.15, -0.1) is 23.5 Å². The van der Waals surface area contributed by atoms with Gasteiger partial charge in [-0.3, -0.25) is 9.59 Å². The Labute approximate surface area is 188 Å². The zero-order chi connectivity index (χ0) is 21.9. The van der Waals surface area contributed by atoms with E-state index in [0.29, 0.717) is 13.0 Å². The summed E-state index contributed by atoms with van der Waals surface area (Å²) in [5, 5.41) is 3.01. The number of thioether (sulfide) groups is 2. The molecule has 0 radical (unpaired) electrons. The fourth-order valence-corrected chi connectivity index (χ4v) is 7.41. The van der Waals surface area contributed by atoms with Gasteiger partial charge in [0, 0.05) is 13.0 Å². The molecule has 7 heteroatoms. The van der Waals surface area contributed by atoms with Crippen molar-refractivity contribution in [3.05, 3.63) is 35.9 Å². The molecule has 0 aliphatic carbocycles. The van der Waals surface area contributed by atoms with Gasteiger partial charge in [-0.1, -0.05) is 51.1 Å². The molecule has 1 N–H and O–H groups in total. The van der Waals surface area contributed by atoms with Gasteiger partial charge in [0.1, 0.15) is 12.3 Å². The summed E-state index contributed by atoms with van der Waals surface area (Å²) in [5.74, 6) is 1.44. The molecule has 1 aromatic carbocycles. The van der Waals surface area contributed by atoms with Crippen molar-refractivity contribution in [2.75, 3.05) is 18.1 Å². The monoisotopic (exact) mass is 448 g/mol. The summed E-state index contributed by atoms with van der Waals surface area (Å²) in [6.45, 7) is 8.27. The molecule has 0 saturated carbocycles. The SMILES string of the molecule is CC(C(=O)NC(C(=O)N1CC2(C[C@H]1C=O)SCCCS2)C(C)(C)C)c1ccccc1. The van der Waals surface area contributed by atoms with Gasteiger partial charge in [0.2, 0.25) is 11.8 Å². The second-order valence-corrected chi connectivity index (χ2v) is 12.5. The molecular weight excluding hydrogens is 416 g/mol. The first kappa shape index (κ1) is 23.2. The fourth-order valence-electron chi connectivity index (χ4n) is 4.03. The first-order valence-corrected chi connectivity index (χ1v) is 12.5. The summed E-state index contributed by atoms with van der Waals surface area (Å²) in [5.41, 5.74) is 0.440. The number of aldehydes is 1. The first-order valence-electron chi connectivity index (χ1n) is 10.6. The Morgan fingerprint density at radius 1 is 1.20 bits per heavy atom. The van der Waals surface area contributed by atoms with Crippen LogP contribution in [0.15, 0.2) is 30.3 Å². The van der Waals surface area contributed by atoms with Crippen molar-refractivity contribution in [3.8, 4) is 0 Å². The van der Waals surface area contributed by atoms with Crippen LogP contribution < -0.4 is 5.32 Å². The zero-order valence-corrected chi connectivity index (χ0v) is 19.9. The summed E-state index contributed by atoms with van der Waals surface area (Å²) in [6.07, 6.45) is 2.74. The van der Waals surface area contributed by atoms with Crippen LogP contribution in [0.4, 0.5) is 0 Å². The lowest BCUT2D eigenvalue weighted by Crippen LogP contribution is -2.56. The average Bonchev–Trinajstić information content (AvgIpc) is 3.09. The minimum absolute atomic E-state index is 0.0940. The van der Waals surface area contributed by atoms with Crippen LogP contribution in [0.3, 0.4) is 0 Å². The van der Waals surface area contributed by atoms with E-state index in [-0.39, 0.29) is 21.8 Å². The number of benzene rings is 1. The second kappa shape index (κ2) is 9.35. The standard InChI is InChI=1S/C23H32N2O3S2/c1-16(17-9-6-5-7-10-17)20(27)24-19(22(2,3)4)21(28)25-15-23(13-18(25)14-26)29-11-8-12-30-23/h5-7,9-10,14,16,18-19H,8,11-13,15H2,1-4H3,(H,24,27)/t16?,18-,19?/m0/s1. The molecule has 2 heterocycles. The molecule has 30 heavy (non-hydrogen) atoms. The molecule has 2 aliphatic heterocycles. The predicted molar refractivity (Wildman–Crippen MR) is 125 cm³/mol. The molecule has 1 spiro atoms. The molecule has 2 saturated heterocycles. The molecule has 2 aliphatic rings. The molecule has 3 atom stereocenters. The summed E-state index contributed by atoms with van der Waals surface area (Å²) in [4.78, 5) is 40.2. The van der Waals surface area contributed by atoms with E-state index >= 15 is 0 Å². The van der Waals surface area contributed by atoms with Gasteiger partial charge in [0.15, 0.2) is 0 Å². The fraction of sp³-hybridized carbons (Fsp3) is 0.609. The molecule has 3 rings (SSSR count). The lowest BCUT2D eigenvalue weighted by atomic mass is 9.85. The Balaban J connectivity index is 1.78. The maximum Gasteiger partial charge on any atom is 0.246 e.